The van der Waals surface area contributed by atoms with Gasteiger partial charge in [-0.05, 0) is 32.0 Å². The summed E-state index contributed by atoms with van der Waals surface area (Å²) in [6, 6.07) is -0.194. The molecule has 1 fully saturated rings. The fraction of sp³-hybridized carbons (Fsp3) is 0.444. The molecule has 1 aromatic rings. The zero-order valence-electron chi connectivity index (χ0n) is 16.7. The Hall–Kier alpha value is -3.35. The van der Waals surface area contributed by atoms with Crippen molar-refractivity contribution < 1.29 is 37.1 Å². The molecule has 1 aliphatic heterocycles. The fourth-order valence-corrected chi connectivity index (χ4v) is 2.76. The summed E-state index contributed by atoms with van der Waals surface area (Å²) < 4.78 is 45.7. The Morgan fingerprint density at radius 1 is 1.19 bits per heavy atom. The van der Waals surface area contributed by atoms with Gasteiger partial charge in [-0.1, -0.05) is 0 Å². The molecular weight excluding hydrogens is 423 g/mol. The number of urea groups is 1. The fourth-order valence-electron chi connectivity index (χ4n) is 2.76. The molecule has 1 heterocycles. The third-order valence-electron chi connectivity index (χ3n) is 4.09. The van der Waals surface area contributed by atoms with E-state index in [1.807, 2.05) is 0 Å². The molecule has 0 spiro atoms. The van der Waals surface area contributed by atoms with E-state index in [1.165, 1.54) is 0 Å². The highest BCUT2D eigenvalue weighted by Crippen LogP contribution is 2.38. The van der Waals surface area contributed by atoms with Gasteiger partial charge in [0.05, 0.1) is 17.9 Å². The summed E-state index contributed by atoms with van der Waals surface area (Å²) in [7, 11) is 0. The van der Waals surface area contributed by atoms with Crippen LogP contribution in [0.3, 0.4) is 0 Å². The number of nitrogens with zero attached hydrogens (tertiary/aromatic N) is 1. The highest BCUT2D eigenvalue weighted by atomic mass is 19.4. The number of morpholine rings is 1. The molecule has 5 N–H and O–H groups in total. The third-order valence-corrected chi connectivity index (χ3v) is 4.09. The first kappa shape index (κ1) is 23.9. The quantitative estimate of drug-likeness (QED) is 0.474. The molecule has 2 rings (SSSR count). The molecule has 13 heteroatoms. The average Bonchev–Trinajstić information content (AvgIpc) is 2.65. The molecule has 0 aliphatic carbocycles. The smallest absolute Gasteiger partial charge is 0.370 e. The first-order valence-electron chi connectivity index (χ1n) is 9.16. The van der Waals surface area contributed by atoms with Crippen molar-refractivity contribution in [3.8, 4) is 0 Å². The molecule has 0 unspecified atom stereocenters. The second-order valence-corrected chi connectivity index (χ2v) is 6.92. The standard InChI is InChI=1S/C18H22F3N5O5/c1-9(2)23-17(30)25-14(15(22)28)16(29)24-10-3-4-12(11(7-10)18(19,20)21)26-5-6-31-8-13(26)27/h3-4,7,9,14H,5-6,8H2,1-2H3,(H2,22,28)(H,24,29)(H2,23,25,30)/t14-/m1/s1. The molecule has 1 aromatic carbocycles. The van der Waals surface area contributed by atoms with E-state index in [-0.39, 0.29) is 37.2 Å². The van der Waals surface area contributed by atoms with Gasteiger partial charge in [-0.2, -0.15) is 13.2 Å². The van der Waals surface area contributed by atoms with Crippen LogP contribution < -0.4 is 26.6 Å². The minimum Gasteiger partial charge on any atom is -0.370 e. The highest BCUT2D eigenvalue weighted by molar-refractivity contribution is 6.11. The third kappa shape index (κ3) is 6.31. The van der Waals surface area contributed by atoms with Crippen LogP contribution in [0.4, 0.5) is 29.3 Å². The van der Waals surface area contributed by atoms with Gasteiger partial charge in [0.15, 0.2) is 6.04 Å². The Morgan fingerprint density at radius 2 is 1.87 bits per heavy atom. The first-order chi connectivity index (χ1) is 14.4. The van der Waals surface area contributed by atoms with Crippen LogP contribution in [0, 0.1) is 0 Å². The topological polar surface area (TPSA) is 143 Å². The van der Waals surface area contributed by atoms with Gasteiger partial charge in [-0.25, -0.2) is 4.79 Å². The zero-order valence-corrected chi connectivity index (χ0v) is 16.7. The van der Waals surface area contributed by atoms with Gasteiger partial charge >= 0.3 is 12.2 Å². The number of alkyl halides is 3. The van der Waals surface area contributed by atoms with Gasteiger partial charge < -0.3 is 31.3 Å². The number of anilines is 2. The molecule has 1 aliphatic rings. The van der Waals surface area contributed by atoms with E-state index in [9.17, 15) is 32.3 Å². The second-order valence-electron chi connectivity index (χ2n) is 6.92. The number of hydrogen-bond acceptors (Lipinski definition) is 5. The summed E-state index contributed by atoms with van der Waals surface area (Å²) in [6.07, 6.45) is -4.84. The van der Waals surface area contributed by atoms with Crippen LogP contribution in [0.2, 0.25) is 0 Å². The van der Waals surface area contributed by atoms with Gasteiger partial charge in [0, 0.05) is 18.3 Å². The molecule has 0 saturated carbocycles. The Bertz CT molecular complexity index is 875. The minimum absolute atomic E-state index is 0.0632. The van der Waals surface area contributed by atoms with Crippen molar-refractivity contribution in [1.82, 2.24) is 10.6 Å². The van der Waals surface area contributed by atoms with Crippen LogP contribution in [-0.2, 0) is 25.3 Å². The monoisotopic (exact) mass is 445 g/mol. The minimum atomic E-state index is -4.84. The van der Waals surface area contributed by atoms with Crippen LogP contribution in [0.1, 0.15) is 19.4 Å². The van der Waals surface area contributed by atoms with Crippen LogP contribution in [0.15, 0.2) is 18.2 Å². The normalized spacial score (nSPS) is 15.4. The number of ether oxygens (including phenoxy) is 1. The second kappa shape index (κ2) is 9.64. The van der Waals surface area contributed by atoms with Crippen LogP contribution in [0.5, 0.6) is 0 Å². The summed E-state index contributed by atoms with van der Waals surface area (Å²) in [5.41, 5.74) is 3.27. The van der Waals surface area contributed by atoms with Gasteiger partial charge in [0.1, 0.15) is 6.61 Å². The maximum Gasteiger partial charge on any atom is 0.418 e. The van der Waals surface area contributed by atoms with Crippen molar-refractivity contribution in [2.45, 2.75) is 32.1 Å². The van der Waals surface area contributed by atoms with Crippen molar-refractivity contribution in [2.75, 3.05) is 30.0 Å². The number of halogens is 3. The number of benzene rings is 1. The number of carbonyl (C=O) groups is 4. The van der Waals surface area contributed by atoms with Crippen LogP contribution in [0.25, 0.3) is 0 Å². The van der Waals surface area contributed by atoms with Crippen LogP contribution >= 0.6 is 0 Å². The van der Waals surface area contributed by atoms with Gasteiger partial charge in [0.2, 0.25) is 5.91 Å². The van der Waals surface area contributed by atoms with Crippen LogP contribution in [-0.4, -0.2) is 55.6 Å². The molecule has 0 aromatic heterocycles. The summed E-state index contributed by atoms with van der Waals surface area (Å²) in [5.74, 6) is -2.97. The summed E-state index contributed by atoms with van der Waals surface area (Å²) >= 11 is 0. The van der Waals surface area contributed by atoms with Gasteiger partial charge in [-0.3, -0.25) is 14.4 Å². The Morgan fingerprint density at radius 3 is 2.42 bits per heavy atom. The number of carbonyl (C=O) groups excluding carboxylic acids is 4. The first-order valence-corrected chi connectivity index (χ1v) is 9.16. The summed E-state index contributed by atoms with van der Waals surface area (Å²) in [4.78, 5) is 48.6. The zero-order chi connectivity index (χ0) is 23.3. The van der Waals surface area contributed by atoms with Crippen molar-refractivity contribution in [3.05, 3.63) is 23.8 Å². The predicted octanol–water partition coefficient (Wildman–Crippen LogP) is 0.569. The van der Waals surface area contributed by atoms with E-state index >= 15 is 0 Å². The lowest BCUT2D eigenvalue weighted by atomic mass is 10.1. The summed E-state index contributed by atoms with van der Waals surface area (Å²) in [6.45, 7) is 2.94. The Labute approximate surface area is 175 Å². The van der Waals surface area contributed by atoms with Crippen molar-refractivity contribution in [3.63, 3.8) is 0 Å². The lowest BCUT2D eigenvalue weighted by molar-refractivity contribution is -0.137. The van der Waals surface area contributed by atoms with Gasteiger partial charge in [0.25, 0.3) is 11.8 Å². The van der Waals surface area contributed by atoms with Crippen molar-refractivity contribution in [2.24, 2.45) is 5.73 Å². The number of nitrogens with one attached hydrogen (secondary N) is 3. The molecule has 5 amide bonds. The number of hydrogen-bond donors (Lipinski definition) is 4. The lowest BCUT2D eigenvalue weighted by Gasteiger charge is -2.29. The molecular formula is C18H22F3N5O5. The Kier molecular flexibility index (Phi) is 7.44. The largest absolute Gasteiger partial charge is 0.418 e. The molecule has 10 nitrogen and oxygen atoms in total. The average molecular weight is 445 g/mol. The van der Waals surface area contributed by atoms with E-state index < -0.39 is 41.5 Å². The summed E-state index contributed by atoms with van der Waals surface area (Å²) in [5, 5.41) is 6.57. The van der Waals surface area contributed by atoms with E-state index in [0.717, 1.165) is 17.0 Å². The molecule has 31 heavy (non-hydrogen) atoms. The van der Waals surface area contributed by atoms with Crippen molar-refractivity contribution in [1.29, 1.82) is 0 Å². The molecule has 0 radical (unpaired) electrons. The molecule has 1 atom stereocenters. The molecule has 1 saturated heterocycles. The van der Waals surface area contributed by atoms with E-state index in [1.54, 1.807) is 13.8 Å². The number of primary amides is 1. The maximum absolute atomic E-state index is 13.6. The lowest BCUT2D eigenvalue weighted by Crippen LogP contribution is -2.55. The SMILES string of the molecule is CC(C)NC(=O)N[C@H](C(N)=O)C(=O)Nc1ccc(N2CCOCC2=O)c(C(F)(F)F)c1. The van der Waals surface area contributed by atoms with E-state index in [4.69, 9.17) is 10.5 Å². The van der Waals surface area contributed by atoms with E-state index in [2.05, 4.69) is 16.0 Å². The number of rotatable bonds is 6. The molecule has 0 bridgehead atoms. The highest BCUT2D eigenvalue weighted by Gasteiger charge is 2.37. The maximum atomic E-state index is 13.6. The predicted molar refractivity (Wildman–Crippen MR) is 103 cm³/mol. The van der Waals surface area contributed by atoms with E-state index in [0.29, 0.717) is 6.07 Å². The van der Waals surface area contributed by atoms with Gasteiger partial charge in [-0.15, -0.1) is 0 Å². The molecule has 170 valence electrons. The number of nitrogens with two attached hydrogens (primary N) is 1. The van der Waals surface area contributed by atoms with Crippen molar-refractivity contribution >= 4 is 35.1 Å². The Balaban J connectivity index is 2.27. The number of amides is 5.